The highest BCUT2D eigenvalue weighted by molar-refractivity contribution is 6.07. The van der Waals surface area contributed by atoms with E-state index in [1.54, 1.807) is 55.6 Å². The van der Waals surface area contributed by atoms with Crippen molar-refractivity contribution in [1.29, 1.82) is 0 Å². The standard InChI is InChI=1S/C15H13NO3/c1-10(15(18)19)11-5-7-12(8-6-11)14(17)13-4-2-3-9-16-13/h2-10H,1H3,(H,18,19). The number of benzene rings is 1. The maximum atomic E-state index is 12.1. The quantitative estimate of drug-likeness (QED) is 0.852. The lowest BCUT2D eigenvalue weighted by Crippen LogP contribution is -2.08. The third-order valence-electron chi connectivity index (χ3n) is 2.94. The molecular weight excluding hydrogens is 242 g/mol. The lowest BCUT2D eigenvalue weighted by Gasteiger charge is -2.07. The topological polar surface area (TPSA) is 67.3 Å². The molecule has 0 bridgehead atoms. The first-order valence-corrected chi connectivity index (χ1v) is 5.88. The molecule has 0 amide bonds. The minimum Gasteiger partial charge on any atom is -0.481 e. The molecule has 1 aromatic carbocycles. The Labute approximate surface area is 110 Å². The summed E-state index contributed by atoms with van der Waals surface area (Å²) in [5.41, 5.74) is 1.55. The van der Waals surface area contributed by atoms with Gasteiger partial charge in [-0.3, -0.25) is 14.6 Å². The van der Waals surface area contributed by atoms with E-state index in [1.807, 2.05) is 0 Å². The van der Waals surface area contributed by atoms with Crippen molar-refractivity contribution in [2.75, 3.05) is 0 Å². The van der Waals surface area contributed by atoms with Gasteiger partial charge in [0, 0.05) is 11.8 Å². The Morgan fingerprint density at radius 1 is 1.11 bits per heavy atom. The van der Waals surface area contributed by atoms with Crippen molar-refractivity contribution in [3.05, 3.63) is 65.5 Å². The molecule has 96 valence electrons. The second-order valence-electron chi connectivity index (χ2n) is 4.23. The summed E-state index contributed by atoms with van der Waals surface area (Å²) in [5.74, 6) is -1.64. The van der Waals surface area contributed by atoms with Crippen LogP contribution in [0.5, 0.6) is 0 Å². The number of aliphatic carboxylic acids is 1. The average molecular weight is 255 g/mol. The Bertz CT molecular complexity index is 591. The van der Waals surface area contributed by atoms with E-state index < -0.39 is 11.9 Å². The zero-order chi connectivity index (χ0) is 13.8. The molecule has 0 saturated carbocycles. The highest BCUT2D eigenvalue weighted by Crippen LogP contribution is 2.17. The van der Waals surface area contributed by atoms with Crippen LogP contribution in [0, 0.1) is 0 Å². The molecule has 1 atom stereocenters. The van der Waals surface area contributed by atoms with Crippen LogP contribution in [-0.4, -0.2) is 21.8 Å². The minimum atomic E-state index is -0.885. The van der Waals surface area contributed by atoms with Crippen molar-refractivity contribution in [2.45, 2.75) is 12.8 Å². The first-order valence-electron chi connectivity index (χ1n) is 5.88. The number of carboxylic acids is 1. The molecule has 2 rings (SSSR count). The molecule has 2 aromatic rings. The molecular formula is C15H13NO3. The smallest absolute Gasteiger partial charge is 0.310 e. The number of rotatable bonds is 4. The molecule has 0 saturated heterocycles. The molecule has 1 unspecified atom stereocenters. The van der Waals surface area contributed by atoms with Crippen molar-refractivity contribution in [3.8, 4) is 0 Å². The fourth-order valence-electron chi connectivity index (χ4n) is 1.71. The van der Waals surface area contributed by atoms with Gasteiger partial charge in [0.2, 0.25) is 5.78 Å². The van der Waals surface area contributed by atoms with E-state index >= 15 is 0 Å². The van der Waals surface area contributed by atoms with E-state index in [2.05, 4.69) is 4.98 Å². The van der Waals surface area contributed by atoms with Crippen LogP contribution in [0.4, 0.5) is 0 Å². The molecule has 0 fully saturated rings. The number of hydrogen-bond acceptors (Lipinski definition) is 3. The average Bonchev–Trinajstić information content (AvgIpc) is 2.46. The fourth-order valence-corrected chi connectivity index (χ4v) is 1.71. The number of pyridine rings is 1. The third kappa shape index (κ3) is 2.85. The Morgan fingerprint density at radius 3 is 2.32 bits per heavy atom. The van der Waals surface area contributed by atoms with Crippen LogP contribution in [0.25, 0.3) is 0 Å². The summed E-state index contributed by atoms with van der Waals surface area (Å²) >= 11 is 0. The number of carboxylic acid groups (broad SMARTS) is 1. The van der Waals surface area contributed by atoms with Crippen LogP contribution in [0.3, 0.4) is 0 Å². The Hall–Kier alpha value is -2.49. The Kier molecular flexibility index (Phi) is 3.71. The van der Waals surface area contributed by atoms with Gasteiger partial charge < -0.3 is 5.11 Å². The molecule has 1 N–H and O–H groups in total. The van der Waals surface area contributed by atoms with E-state index in [9.17, 15) is 9.59 Å². The van der Waals surface area contributed by atoms with Gasteiger partial charge in [0.05, 0.1) is 5.92 Å². The maximum Gasteiger partial charge on any atom is 0.310 e. The molecule has 4 nitrogen and oxygen atoms in total. The van der Waals surface area contributed by atoms with Gasteiger partial charge in [0.1, 0.15) is 5.69 Å². The summed E-state index contributed by atoms with van der Waals surface area (Å²) in [7, 11) is 0. The van der Waals surface area contributed by atoms with Gasteiger partial charge in [0.25, 0.3) is 0 Å². The molecule has 0 aliphatic heterocycles. The van der Waals surface area contributed by atoms with E-state index in [0.717, 1.165) is 0 Å². The van der Waals surface area contributed by atoms with Gasteiger partial charge in [-0.25, -0.2) is 0 Å². The molecule has 4 heteroatoms. The highest BCUT2D eigenvalue weighted by atomic mass is 16.4. The van der Waals surface area contributed by atoms with Gasteiger partial charge >= 0.3 is 5.97 Å². The zero-order valence-corrected chi connectivity index (χ0v) is 10.4. The van der Waals surface area contributed by atoms with E-state index in [4.69, 9.17) is 5.11 Å². The van der Waals surface area contributed by atoms with Gasteiger partial charge in [-0.1, -0.05) is 30.3 Å². The van der Waals surface area contributed by atoms with E-state index in [1.165, 1.54) is 0 Å². The maximum absolute atomic E-state index is 12.1. The summed E-state index contributed by atoms with van der Waals surface area (Å²) in [5, 5.41) is 8.91. The summed E-state index contributed by atoms with van der Waals surface area (Å²) in [6.45, 7) is 1.61. The molecule has 0 radical (unpaired) electrons. The van der Waals surface area contributed by atoms with Crippen LogP contribution >= 0.6 is 0 Å². The molecule has 0 aliphatic rings. The van der Waals surface area contributed by atoms with Gasteiger partial charge in [0.15, 0.2) is 0 Å². The normalized spacial score (nSPS) is 11.8. The number of aromatic nitrogens is 1. The molecule has 0 spiro atoms. The number of ketones is 1. The first kappa shape index (κ1) is 13.0. The summed E-state index contributed by atoms with van der Waals surface area (Å²) in [6, 6.07) is 11.7. The van der Waals surface area contributed by atoms with Crippen molar-refractivity contribution in [1.82, 2.24) is 4.98 Å². The second kappa shape index (κ2) is 5.44. The summed E-state index contributed by atoms with van der Waals surface area (Å²) in [6.07, 6.45) is 1.56. The van der Waals surface area contributed by atoms with E-state index in [0.29, 0.717) is 16.8 Å². The van der Waals surface area contributed by atoms with Gasteiger partial charge in [-0.05, 0) is 24.6 Å². The SMILES string of the molecule is CC(C(=O)O)c1ccc(C(=O)c2ccccn2)cc1. The van der Waals surface area contributed by atoms with Gasteiger partial charge in [-0.15, -0.1) is 0 Å². The zero-order valence-electron chi connectivity index (χ0n) is 10.4. The lowest BCUT2D eigenvalue weighted by atomic mass is 9.98. The number of nitrogens with zero attached hydrogens (tertiary/aromatic N) is 1. The van der Waals surface area contributed by atoms with Crippen molar-refractivity contribution >= 4 is 11.8 Å². The summed E-state index contributed by atoms with van der Waals surface area (Å²) < 4.78 is 0. The van der Waals surface area contributed by atoms with Crippen LogP contribution in [-0.2, 0) is 4.79 Å². The molecule has 1 aromatic heterocycles. The second-order valence-corrected chi connectivity index (χ2v) is 4.23. The minimum absolute atomic E-state index is 0.171. The van der Waals surface area contributed by atoms with E-state index in [-0.39, 0.29) is 5.78 Å². The van der Waals surface area contributed by atoms with Crippen molar-refractivity contribution < 1.29 is 14.7 Å². The largest absolute Gasteiger partial charge is 0.481 e. The Balaban J connectivity index is 2.24. The van der Waals surface area contributed by atoms with Crippen molar-refractivity contribution in [3.63, 3.8) is 0 Å². The molecule has 0 aliphatic carbocycles. The first-order chi connectivity index (χ1) is 9.09. The van der Waals surface area contributed by atoms with Crippen LogP contribution in [0.15, 0.2) is 48.7 Å². The van der Waals surface area contributed by atoms with Crippen LogP contribution in [0.1, 0.15) is 34.5 Å². The number of carbonyl (C=O) groups excluding carboxylic acids is 1. The fraction of sp³-hybridized carbons (Fsp3) is 0.133. The van der Waals surface area contributed by atoms with Gasteiger partial charge in [-0.2, -0.15) is 0 Å². The third-order valence-corrected chi connectivity index (χ3v) is 2.94. The monoisotopic (exact) mass is 255 g/mol. The molecule has 19 heavy (non-hydrogen) atoms. The number of carbonyl (C=O) groups is 2. The Morgan fingerprint density at radius 2 is 1.79 bits per heavy atom. The van der Waals surface area contributed by atoms with Crippen molar-refractivity contribution in [2.24, 2.45) is 0 Å². The predicted octanol–water partition coefficient (Wildman–Crippen LogP) is 2.50. The highest BCUT2D eigenvalue weighted by Gasteiger charge is 2.15. The predicted molar refractivity (Wildman–Crippen MR) is 70.2 cm³/mol. The van der Waals surface area contributed by atoms with Crippen LogP contribution < -0.4 is 0 Å². The van der Waals surface area contributed by atoms with Crippen LogP contribution in [0.2, 0.25) is 0 Å². The molecule has 1 heterocycles. The lowest BCUT2D eigenvalue weighted by molar-refractivity contribution is -0.138. The summed E-state index contributed by atoms with van der Waals surface area (Å²) in [4.78, 5) is 26.9. The number of hydrogen-bond donors (Lipinski definition) is 1.